The lowest BCUT2D eigenvalue weighted by molar-refractivity contribution is 0.0976. The van der Waals surface area contributed by atoms with E-state index < -0.39 is 0 Å². The maximum absolute atomic E-state index is 11.9. The van der Waals surface area contributed by atoms with Crippen LogP contribution in [0.3, 0.4) is 0 Å². The maximum Gasteiger partial charge on any atom is 0.165 e. The van der Waals surface area contributed by atoms with E-state index in [1.54, 1.807) is 25.3 Å². The van der Waals surface area contributed by atoms with Gasteiger partial charge in [0, 0.05) is 17.7 Å². The molecular formula is C13H19NO2. The Labute approximate surface area is 96.6 Å². The van der Waals surface area contributed by atoms with Gasteiger partial charge >= 0.3 is 0 Å². The molecule has 3 heteroatoms. The van der Waals surface area contributed by atoms with Crippen LogP contribution in [0, 0.1) is 5.92 Å². The molecule has 0 spiro atoms. The molecule has 0 aliphatic rings. The molecule has 1 aromatic rings. The average Bonchev–Trinajstić information content (AvgIpc) is 2.26. The van der Waals surface area contributed by atoms with Crippen LogP contribution in [0.5, 0.6) is 5.75 Å². The van der Waals surface area contributed by atoms with Gasteiger partial charge < -0.3 is 10.5 Å². The molecule has 0 bridgehead atoms. The first-order valence-electron chi connectivity index (χ1n) is 5.51. The highest BCUT2D eigenvalue weighted by atomic mass is 16.5. The minimum atomic E-state index is 0.0881. The molecule has 0 amide bonds. The predicted octanol–water partition coefficient (Wildman–Crippen LogP) is 2.90. The summed E-state index contributed by atoms with van der Waals surface area (Å²) in [7, 11) is 1.58. The van der Waals surface area contributed by atoms with E-state index in [-0.39, 0.29) is 5.78 Å². The quantitative estimate of drug-likeness (QED) is 0.614. The van der Waals surface area contributed by atoms with Gasteiger partial charge in [-0.15, -0.1) is 0 Å². The number of rotatable bonds is 5. The molecule has 0 radical (unpaired) electrons. The van der Waals surface area contributed by atoms with Crippen LogP contribution in [0.25, 0.3) is 0 Å². The average molecular weight is 221 g/mol. The molecule has 0 aromatic heterocycles. The second kappa shape index (κ2) is 5.54. The lowest BCUT2D eigenvalue weighted by Crippen LogP contribution is -2.05. The minimum absolute atomic E-state index is 0.0881. The summed E-state index contributed by atoms with van der Waals surface area (Å²) in [6.07, 6.45) is 1.42. The van der Waals surface area contributed by atoms with Crippen molar-refractivity contribution >= 4 is 11.5 Å². The van der Waals surface area contributed by atoms with Crippen LogP contribution in [0.15, 0.2) is 18.2 Å². The zero-order valence-corrected chi connectivity index (χ0v) is 10.1. The van der Waals surface area contributed by atoms with Crippen LogP contribution in [-0.4, -0.2) is 12.9 Å². The van der Waals surface area contributed by atoms with Crippen LogP contribution in [-0.2, 0) is 0 Å². The summed E-state index contributed by atoms with van der Waals surface area (Å²) >= 11 is 0. The first-order chi connectivity index (χ1) is 7.54. The largest absolute Gasteiger partial charge is 0.497 e. The lowest BCUT2D eigenvalue weighted by Gasteiger charge is -2.08. The summed E-state index contributed by atoms with van der Waals surface area (Å²) in [5, 5.41) is 0. The van der Waals surface area contributed by atoms with E-state index >= 15 is 0 Å². The summed E-state index contributed by atoms with van der Waals surface area (Å²) < 4.78 is 5.08. The van der Waals surface area contributed by atoms with Crippen molar-refractivity contribution in [2.24, 2.45) is 5.92 Å². The van der Waals surface area contributed by atoms with E-state index in [9.17, 15) is 4.79 Å². The van der Waals surface area contributed by atoms with Gasteiger partial charge in [-0.25, -0.2) is 0 Å². The van der Waals surface area contributed by atoms with Crippen LogP contribution in [0.1, 0.15) is 37.0 Å². The SMILES string of the molecule is COc1ccc(N)c(C(=O)CCC(C)C)c1. The molecule has 0 heterocycles. The number of ketones is 1. The molecule has 0 saturated heterocycles. The fourth-order valence-electron chi connectivity index (χ4n) is 1.46. The Kier molecular flexibility index (Phi) is 4.35. The van der Waals surface area contributed by atoms with Gasteiger partial charge in [0.15, 0.2) is 5.78 Å². The molecule has 0 aliphatic carbocycles. The van der Waals surface area contributed by atoms with Crippen LogP contribution >= 0.6 is 0 Å². The Morgan fingerprint density at radius 2 is 2.12 bits per heavy atom. The molecular weight excluding hydrogens is 202 g/mol. The van der Waals surface area contributed by atoms with Gasteiger partial charge in [0.05, 0.1) is 7.11 Å². The predicted molar refractivity (Wildman–Crippen MR) is 65.8 cm³/mol. The Bertz CT molecular complexity index is 372. The number of benzene rings is 1. The number of methoxy groups -OCH3 is 1. The maximum atomic E-state index is 11.9. The van der Waals surface area contributed by atoms with Crippen LogP contribution in [0.2, 0.25) is 0 Å². The Morgan fingerprint density at radius 3 is 2.69 bits per heavy atom. The van der Waals surface area contributed by atoms with Gasteiger partial charge in [0.2, 0.25) is 0 Å². The van der Waals surface area contributed by atoms with Gasteiger partial charge in [-0.2, -0.15) is 0 Å². The number of nitrogens with two attached hydrogens (primary N) is 1. The van der Waals surface area contributed by atoms with Crippen molar-refractivity contribution in [1.29, 1.82) is 0 Å². The number of nitrogen functional groups attached to an aromatic ring is 1. The van der Waals surface area contributed by atoms with Crippen molar-refractivity contribution in [3.05, 3.63) is 23.8 Å². The highest BCUT2D eigenvalue weighted by Gasteiger charge is 2.11. The Balaban J connectivity index is 2.81. The lowest BCUT2D eigenvalue weighted by atomic mass is 10.00. The molecule has 0 atom stereocenters. The van der Waals surface area contributed by atoms with Crippen molar-refractivity contribution in [3.63, 3.8) is 0 Å². The van der Waals surface area contributed by atoms with E-state index in [0.717, 1.165) is 6.42 Å². The zero-order chi connectivity index (χ0) is 12.1. The third-order valence-corrected chi connectivity index (χ3v) is 2.51. The van der Waals surface area contributed by atoms with E-state index in [1.165, 1.54) is 0 Å². The summed E-state index contributed by atoms with van der Waals surface area (Å²) in [5.74, 6) is 1.28. The number of hydrogen-bond donors (Lipinski definition) is 1. The fraction of sp³-hybridized carbons (Fsp3) is 0.462. The number of ether oxygens (including phenoxy) is 1. The van der Waals surface area contributed by atoms with Gasteiger partial charge in [0.25, 0.3) is 0 Å². The molecule has 0 fully saturated rings. The molecule has 1 rings (SSSR count). The summed E-state index contributed by atoms with van der Waals surface area (Å²) in [6, 6.07) is 5.17. The molecule has 3 nitrogen and oxygen atoms in total. The number of carbonyl (C=O) groups is 1. The topological polar surface area (TPSA) is 52.3 Å². The molecule has 0 aliphatic heterocycles. The highest BCUT2D eigenvalue weighted by Crippen LogP contribution is 2.21. The summed E-state index contributed by atoms with van der Waals surface area (Å²) in [4.78, 5) is 11.9. The monoisotopic (exact) mass is 221 g/mol. The van der Waals surface area contributed by atoms with Gasteiger partial charge in [-0.1, -0.05) is 13.8 Å². The third-order valence-electron chi connectivity index (χ3n) is 2.51. The minimum Gasteiger partial charge on any atom is -0.497 e. The second-order valence-electron chi connectivity index (χ2n) is 4.31. The molecule has 0 saturated carbocycles. The van der Waals surface area contributed by atoms with Crippen molar-refractivity contribution in [2.75, 3.05) is 12.8 Å². The number of hydrogen-bond acceptors (Lipinski definition) is 3. The number of carbonyl (C=O) groups excluding carboxylic acids is 1. The fourth-order valence-corrected chi connectivity index (χ4v) is 1.46. The Morgan fingerprint density at radius 1 is 1.44 bits per heavy atom. The normalized spacial score (nSPS) is 10.5. The number of Topliss-reactive ketones (excluding diaryl/α,β-unsaturated/α-hetero) is 1. The summed E-state index contributed by atoms with van der Waals surface area (Å²) in [5.41, 5.74) is 6.87. The molecule has 16 heavy (non-hydrogen) atoms. The second-order valence-corrected chi connectivity index (χ2v) is 4.31. The standard InChI is InChI=1S/C13H19NO2/c1-9(2)4-7-13(15)11-8-10(16-3)5-6-12(11)14/h5-6,8-9H,4,7,14H2,1-3H3. The highest BCUT2D eigenvalue weighted by molar-refractivity contribution is 6.01. The van der Waals surface area contributed by atoms with Gasteiger partial charge in [0.1, 0.15) is 5.75 Å². The zero-order valence-electron chi connectivity index (χ0n) is 10.1. The summed E-state index contributed by atoms with van der Waals surface area (Å²) in [6.45, 7) is 4.20. The van der Waals surface area contributed by atoms with Gasteiger partial charge in [-0.3, -0.25) is 4.79 Å². The van der Waals surface area contributed by atoms with Gasteiger partial charge in [-0.05, 0) is 30.5 Å². The van der Waals surface area contributed by atoms with Crippen molar-refractivity contribution < 1.29 is 9.53 Å². The van der Waals surface area contributed by atoms with Crippen LogP contribution in [0.4, 0.5) is 5.69 Å². The van der Waals surface area contributed by atoms with E-state index in [0.29, 0.717) is 29.3 Å². The first kappa shape index (κ1) is 12.6. The molecule has 2 N–H and O–H groups in total. The third kappa shape index (κ3) is 3.26. The van der Waals surface area contributed by atoms with Crippen molar-refractivity contribution in [3.8, 4) is 5.75 Å². The molecule has 88 valence electrons. The van der Waals surface area contributed by atoms with Crippen molar-refractivity contribution in [1.82, 2.24) is 0 Å². The first-order valence-corrected chi connectivity index (χ1v) is 5.51. The van der Waals surface area contributed by atoms with E-state index in [1.807, 2.05) is 0 Å². The van der Waals surface area contributed by atoms with Crippen molar-refractivity contribution in [2.45, 2.75) is 26.7 Å². The van der Waals surface area contributed by atoms with E-state index in [2.05, 4.69) is 13.8 Å². The molecule has 1 aromatic carbocycles. The number of anilines is 1. The molecule has 0 unspecified atom stereocenters. The Hall–Kier alpha value is -1.51. The smallest absolute Gasteiger partial charge is 0.165 e. The van der Waals surface area contributed by atoms with E-state index in [4.69, 9.17) is 10.5 Å². The van der Waals surface area contributed by atoms with Crippen LogP contribution < -0.4 is 10.5 Å².